The average Bonchev–Trinajstić information content (AvgIpc) is 2.43. The van der Waals surface area contributed by atoms with E-state index in [1.165, 1.54) is 36.3 Å². The molecule has 0 atom stereocenters. The number of rotatable bonds is 4. The molecular weight excluding hydrogens is 248 g/mol. The lowest BCUT2D eigenvalue weighted by atomic mass is 10.1. The quantitative estimate of drug-likeness (QED) is 0.793. The van der Waals surface area contributed by atoms with Crippen molar-refractivity contribution in [2.24, 2.45) is 0 Å². The summed E-state index contributed by atoms with van der Waals surface area (Å²) in [5, 5.41) is 2.50. The number of likely N-dealkylation sites (N-methyl/N-ethyl adjacent to an activating group) is 1. The van der Waals surface area contributed by atoms with Crippen molar-refractivity contribution in [2.45, 2.75) is 0 Å². The molecule has 102 valence electrons. The number of nitrogens with one attached hydrogen (secondary N) is 1. The largest absolute Gasteiger partial charge is 0.465 e. The van der Waals surface area contributed by atoms with Gasteiger partial charge in [-0.2, -0.15) is 0 Å². The highest BCUT2D eigenvalue weighted by Crippen LogP contribution is 2.05. The molecule has 2 amide bonds. The standard InChI is InChI=1S/C13H16N2O4/c1-15(2)11(16)8-14-12(17)9-4-6-10(7-5-9)13(18)19-3/h4-7H,8H2,1-3H3,(H,14,17). The lowest BCUT2D eigenvalue weighted by Crippen LogP contribution is -2.36. The van der Waals surface area contributed by atoms with Crippen molar-refractivity contribution in [3.63, 3.8) is 0 Å². The fourth-order valence-corrected chi connectivity index (χ4v) is 1.29. The molecular formula is C13H16N2O4. The first kappa shape index (κ1) is 14.7. The van der Waals surface area contributed by atoms with Crippen LogP contribution < -0.4 is 5.32 Å². The third kappa shape index (κ3) is 4.09. The monoisotopic (exact) mass is 264 g/mol. The van der Waals surface area contributed by atoms with Crippen molar-refractivity contribution in [2.75, 3.05) is 27.7 Å². The smallest absolute Gasteiger partial charge is 0.337 e. The van der Waals surface area contributed by atoms with Gasteiger partial charge in [-0.1, -0.05) is 0 Å². The minimum absolute atomic E-state index is 0.0649. The van der Waals surface area contributed by atoms with Gasteiger partial charge in [-0.3, -0.25) is 9.59 Å². The Morgan fingerprint density at radius 1 is 1.11 bits per heavy atom. The molecule has 1 aromatic carbocycles. The van der Waals surface area contributed by atoms with Crippen LogP contribution in [0.2, 0.25) is 0 Å². The van der Waals surface area contributed by atoms with E-state index in [-0.39, 0.29) is 18.4 Å². The summed E-state index contributed by atoms with van der Waals surface area (Å²) in [6.07, 6.45) is 0. The topological polar surface area (TPSA) is 75.7 Å². The molecule has 1 rings (SSSR count). The fourth-order valence-electron chi connectivity index (χ4n) is 1.29. The van der Waals surface area contributed by atoms with Gasteiger partial charge in [0.05, 0.1) is 19.2 Å². The van der Waals surface area contributed by atoms with Crippen molar-refractivity contribution in [3.8, 4) is 0 Å². The van der Waals surface area contributed by atoms with E-state index in [0.717, 1.165) is 0 Å². The number of benzene rings is 1. The van der Waals surface area contributed by atoms with Crippen molar-refractivity contribution >= 4 is 17.8 Å². The second kappa shape index (κ2) is 6.53. The van der Waals surface area contributed by atoms with E-state index < -0.39 is 5.97 Å². The number of methoxy groups -OCH3 is 1. The van der Waals surface area contributed by atoms with Gasteiger partial charge in [0, 0.05) is 19.7 Å². The van der Waals surface area contributed by atoms with Crippen LogP contribution in [0.25, 0.3) is 0 Å². The Morgan fingerprint density at radius 3 is 2.11 bits per heavy atom. The van der Waals surface area contributed by atoms with Gasteiger partial charge in [-0.05, 0) is 24.3 Å². The number of carbonyl (C=O) groups excluding carboxylic acids is 3. The molecule has 0 aromatic heterocycles. The predicted octanol–water partition coefficient (Wildman–Crippen LogP) is 0.291. The number of esters is 1. The molecule has 0 saturated carbocycles. The van der Waals surface area contributed by atoms with Gasteiger partial charge in [0.2, 0.25) is 5.91 Å². The molecule has 0 bridgehead atoms. The molecule has 6 heteroatoms. The van der Waals surface area contributed by atoms with Gasteiger partial charge >= 0.3 is 5.97 Å². The van der Waals surface area contributed by atoms with Crippen molar-refractivity contribution < 1.29 is 19.1 Å². The number of carbonyl (C=O) groups is 3. The van der Waals surface area contributed by atoms with E-state index in [2.05, 4.69) is 10.1 Å². The van der Waals surface area contributed by atoms with Crippen molar-refractivity contribution in [1.82, 2.24) is 10.2 Å². The maximum Gasteiger partial charge on any atom is 0.337 e. The van der Waals surface area contributed by atoms with Crippen LogP contribution in [-0.4, -0.2) is 50.4 Å². The maximum absolute atomic E-state index is 11.7. The molecule has 0 radical (unpaired) electrons. The molecule has 0 unspecified atom stereocenters. The molecule has 0 aliphatic heterocycles. The number of ether oxygens (including phenoxy) is 1. The number of hydrogen-bond acceptors (Lipinski definition) is 4. The zero-order chi connectivity index (χ0) is 14.4. The molecule has 0 heterocycles. The first-order chi connectivity index (χ1) is 8.95. The summed E-state index contributed by atoms with van der Waals surface area (Å²) in [5.74, 6) is -1.03. The van der Waals surface area contributed by atoms with Gasteiger partial charge < -0.3 is 15.0 Å². The Bertz CT molecular complexity index is 480. The van der Waals surface area contributed by atoms with E-state index in [9.17, 15) is 14.4 Å². The van der Waals surface area contributed by atoms with Crippen LogP contribution in [0.15, 0.2) is 24.3 Å². The third-order valence-electron chi connectivity index (χ3n) is 2.47. The summed E-state index contributed by atoms with van der Waals surface area (Å²) in [6, 6.07) is 5.99. The highest BCUT2D eigenvalue weighted by molar-refractivity contribution is 5.97. The summed E-state index contributed by atoms with van der Waals surface area (Å²) in [6.45, 7) is -0.0649. The maximum atomic E-state index is 11.7. The number of hydrogen-bond donors (Lipinski definition) is 1. The highest BCUT2D eigenvalue weighted by atomic mass is 16.5. The van der Waals surface area contributed by atoms with Crippen molar-refractivity contribution in [3.05, 3.63) is 35.4 Å². The van der Waals surface area contributed by atoms with E-state index in [1.807, 2.05) is 0 Å². The van der Waals surface area contributed by atoms with Crippen LogP contribution in [0.4, 0.5) is 0 Å². The molecule has 6 nitrogen and oxygen atoms in total. The summed E-state index contributed by atoms with van der Waals surface area (Å²) >= 11 is 0. The molecule has 1 N–H and O–H groups in total. The zero-order valence-electron chi connectivity index (χ0n) is 11.1. The lowest BCUT2D eigenvalue weighted by Gasteiger charge is -2.11. The van der Waals surface area contributed by atoms with Crippen molar-refractivity contribution in [1.29, 1.82) is 0 Å². The Morgan fingerprint density at radius 2 is 1.63 bits per heavy atom. The first-order valence-corrected chi connectivity index (χ1v) is 5.62. The van der Waals surface area contributed by atoms with Crippen LogP contribution in [0.3, 0.4) is 0 Å². The van der Waals surface area contributed by atoms with E-state index in [0.29, 0.717) is 11.1 Å². The van der Waals surface area contributed by atoms with Crippen LogP contribution in [-0.2, 0) is 9.53 Å². The minimum atomic E-state index is -0.463. The molecule has 0 aliphatic carbocycles. The summed E-state index contributed by atoms with van der Waals surface area (Å²) in [5.41, 5.74) is 0.739. The normalized spacial score (nSPS) is 9.63. The van der Waals surface area contributed by atoms with Gasteiger partial charge in [0.25, 0.3) is 5.91 Å². The highest BCUT2D eigenvalue weighted by Gasteiger charge is 2.10. The first-order valence-electron chi connectivity index (χ1n) is 5.62. The lowest BCUT2D eigenvalue weighted by molar-refractivity contribution is -0.127. The summed E-state index contributed by atoms with van der Waals surface area (Å²) < 4.78 is 4.55. The third-order valence-corrected chi connectivity index (χ3v) is 2.47. The summed E-state index contributed by atoms with van der Waals surface area (Å²) in [7, 11) is 4.51. The van der Waals surface area contributed by atoms with E-state index in [4.69, 9.17) is 0 Å². The van der Waals surface area contributed by atoms with Crippen LogP contribution >= 0.6 is 0 Å². The van der Waals surface area contributed by atoms with Crippen LogP contribution in [0.1, 0.15) is 20.7 Å². The zero-order valence-corrected chi connectivity index (χ0v) is 11.1. The second-order valence-electron chi connectivity index (χ2n) is 4.04. The molecule has 0 saturated heterocycles. The van der Waals surface area contributed by atoms with Crippen LogP contribution in [0, 0.1) is 0 Å². The number of amides is 2. The SMILES string of the molecule is COC(=O)c1ccc(C(=O)NCC(=O)N(C)C)cc1. The predicted molar refractivity (Wildman–Crippen MR) is 68.8 cm³/mol. The Hall–Kier alpha value is -2.37. The van der Waals surface area contributed by atoms with E-state index in [1.54, 1.807) is 14.1 Å². The summed E-state index contributed by atoms with van der Waals surface area (Å²) in [4.78, 5) is 35.6. The molecule has 1 aromatic rings. The van der Waals surface area contributed by atoms with Gasteiger partial charge in [0.1, 0.15) is 0 Å². The molecule has 0 aliphatic rings. The van der Waals surface area contributed by atoms with Gasteiger partial charge in [-0.15, -0.1) is 0 Å². The fraction of sp³-hybridized carbons (Fsp3) is 0.308. The average molecular weight is 264 g/mol. The van der Waals surface area contributed by atoms with E-state index >= 15 is 0 Å². The molecule has 19 heavy (non-hydrogen) atoms. The van der Waals surface area contributed by atoms with Gasteiger partial charge in [0.15, 0.2) is 0 Å². The Balaban J connectivity index is 2.63. The second-order valence-corrected chi connectivity index (χ2v) is 4.04. The minimum Gasteiger partial charge on any atom is -0.465 e. The molecule has 0 fully saturated rings. The Labute approximate surface area is 111 Å². The van der Waals surface area contributed by atoms with Gasteiger partial charge in [-0.25, -0.2) is 4.79 Å². The van der Waals surface area contributed by atoms with Crippen LogP contribution in [0.5, 0.6) is 0 Å². The Kier molecular flexibility index (Phi) is 5.05. The molecule has 0 spiro atoms. The number of nitrogens with zero attached hydrogens (tertiary/aromatic N) is 1.